The molecular weight excluding hydrogens is 354 g/mol. The average Bonchev–Trinajstić information content (AvgIpc) is 2.70. The van der Waals surface area contributed by atoms with E-state index in [2.05, 4.69) is 10.4 Å². The number of nitrogens with one attached hydrogen (secondary N) is 1. The molecule has 2 atom stereocenters. The Morgan fingerprint density at radius 1 is 1.32 bits per heavy atom. The molecule has 28 heavy (non-hydrogen) atoms. The van der Waals surface area contributed by atoms with Crippen LogP contribution in [0, 0.1) is 17.3 Å². The highest BCUT2D eigenvalue weighted by atomic mass is 16.4. The van der Waals surface area contributed by atoms with Gasteiger partial charge in [-0.15, -0.1) is 0 Å². The number of carboxylic acid groups (broad SMARTS) is 1. The molecule has 1 saturated heterocycles. The molecule has 6 heteroatoms. The molecule has 1 saturated carbocycles. The fourth-order valence-electron chi connectivity index (χ4n) is 5.35. The van der Waals surface area contributed by atoms with Crippen molar-refractivity contribution in [1.82, 2.24) is 5.32 Å². The number of piperidine rings is 1. The Morgan fingerprint density at radius 3 is 2.68 bits per heavy atom. The second kappa shape index (κ2) is 8.86. The smallest absolute Gasteiger partial charge is 0.306 e. The number of carboxylic acids is 1. The third-order valence-electron chi connectivity index (χ3n) is 6.87. The highest BCUT2D eigenvalue weighted by Gasteiger charge is 2.48. The lowest BCUT2D eigenvalue weighted by molar-refractivity contribution is -0.144. The van der Waals surface area contributed by atoms with E-state index in [-0.39, 0.29) is 29.1 Å². The Bertz CT molecular complexity index is 738. The molecule has 1 aromatic rings. The quantitative estimate of drug-likeness (QED) is 0.302. The van der Waals surface area contributed by atoms with E-state index in [1.807, 2.05) is 31.2 Å². The predicted molar refractivity (Wildman–Crippen MR) is 109 cm³/mol. The summed E-state index contributed by atoms with van der Waals surface area (Å²) in [6.45, 7) is 2.79. The van der Waals surface area contributed by atoms with Crippen LogP contribution in [0.4, 0.5) is 0 Å². The first-order valence-corrected chi connectivity index (χ1v) is 10.3. The molecular formula is C22H31N3O3. The van der Waals surface area contributed by atoms with Crippen molar-refractivity contribution in [2.45, 2.75) is 57.9 Å². The lowest BCUT2D eigenvalue weighted by Crippen LogP contribution is -2.56. The number of benzene rings is 1. The minimum Gasteiger partial charge on any atom is -0.481 e. The maximum absolute atomic E-state index is 13.5. The number of hydrazone groups is 1. The lowest BCUT2D eigenvalue weighted by Gasteiger charge is -2.49. The molecule has 2 fully saturated rings. The maximum atomic E-state index is 13.5. The number of Topliss-reactive ketones (excluding diaryl/α,β-unsaturated/α-hetero) is 1. The normalized spacial score (nSPS) is 29.0. The predicted octanol–water partition coefficient (Wildman–Crippen LogP) is 3.20. The van der Waals surface area contributed by atoms with Crippen molar-refractivity contribution in [2.24, 2.45) is 28.2 Å². The van der Waals surface area contributed by atoms with Crippen molar-refractivity contribution in [3.05, 3.63) is 35.4 Å². The number of nitrogens with two attached hydrogens (primary N) is 1. The van der Waals surface area contributed by atoms with E-state index in [9.17, 15) is 14.7 Å². The molecule has 0 bridgehead atoms. The van der Waals surface area contributed by atoms with Gasteiger partial charge in [0, 0.05) is 11.1 Å². The molecule has 3 rings (SSSR count). The number of ketones is 1. The zero-order chi connectivity index (χ0) is 20.1. The van der Waals surface area contributed by atoms with Gasteiger partial charge in [-0.2, -0.15) is 5.10 Å². The van der Waals surface area contributed by atoms with Crippen LogP contribution in [-0.2, 0) is 4.79 Å². The molecule has 0 aromatic heterocycles. The van der Waals surface area contributed by atoms with Crippen LogP contribution < -0.4 is 11.2 Å². The SMILES string of the molecule is CCC(C(=O)O)C1CCC2(CCCNC2C(=O)c2ccccc2C=NN)CC1. The number of hydrogen-bond acceptors (Lipinski definition) is 5. The Kier molecular flexibility index (Phi) is 6.50. The van der Waals surface area contributed by atoms with Gasteiger partial charge < -0.3 is 16.3 Å². The van der Waals surface area contributed by atoms with Crippen LogP contribution in [0.15, 0.2) is 29.4 Å². The summed E-state index contributed by atoms with van der Waals surface area (Å²) in [7, 11) is 0. The first kappa shape index (κ1) is 20.5. The first-order valence-electron chi connectivity index (χ1n) is 10.3. The topological polar surface area (TPSA) is 105 Å². The van der Waals surface area contributed by atoms with Crippen molar-refractivity contribution in [3.63, 3.8) is 0 Å². The second-order valence-corrected chi connectivity index (χ2v) is 8.27. The van der Waals surface area contributed by atoms with Crippen LogP contribution in [0.25, 0.3) is 0 Å². The summed E-state index contributed by atoms with van der Waals surface area (Å²) >= 11 is 0. The van der Waals surface area contributed by atoms with Crippen molar-refractivity contribution in [3.8, 4) is 0 Å². The summed E-state index contributed by atoms with van der Waals surface area (Å²) in [5.41, 5.74) is 1.30. The van der Waals surface area contributed by atoms with E-state index in [0.29, 0.717) is 12.0 Å². The third-order valence-corrected chi connectivity index (χ3v) is 6.87. The van der Waals surface area contributed by atoms with E-state index in [0.717, 1.165) is 50.6 Å². The van der Waals surface area contributed by atoms with Gasteiger partial charge in [0.25, 0.3) is 0 Å². The van der Waals surface area contributed by atoms with Gasteiger partial charge in [-0.3, -0.25) is 9.59 Å². The van der Waals surface area contributed by atoms with Crippen molar-refractivity contribution in [2.75, 3.05) is 6.54 Å². The maximum Gasteiger partial charge on any atom is 0.306 e. The molecule has 1 aliphatic heterocycles. The minimum atomic E-state index is -0.687. The van der Waals surface area contributed by atoms with Gasteiger partial charge in [0.2, 0.25) is 0 Å². The van der Waals surface area contributed by atoms with Gasteiger partial charge in [0.05, 0.1) is 18.2 Å². The van der Waals surface area contributed by atoms with Crippen molar-refractivity contribution < 1.29 is 14.7 Å². The minimum absolute atomic E-state index is 0.0877. The summed E-state index contributed by atoms with van der Waals surface area (Å²) in [6.07, 6.45) is 7.81. The average molecular weight is 386 g/mol. The summed E-state index contributed by atoms with van der Waals surface area (Å²) in [5.74, 6) is 4.67. The lowest BCUT2D eigenvalue weighted by atomic mass is 9.59. The monoisotopic (exact) mass is 385 g/mol. The van der Waals surface area contributed by atoms with Gasteiger partial charge in [-0.05, 0) is 62.8 Å². The molecule has 6 nitrogen and oxygen atoms in total. The Morgan fingerprint density at radius 2 is 2.04 bits per heavy atom. The van der Waals surface area contributed by atoms with E-state index < -0.39 is 5.97 Å². The summed E-state index contributed by atoms with van der Waals surface area (Å²) in [4.78, 5) is 25.1. The molecule has 0 amide bonds. The van der Waals surface area contributed by atoms with Gasteiger partial charge in [0.15, 0.2) is 5.78 Å². The van der Waals surface area contributed by atoms with Gasteiger partial charge in [-0.25, -0.2) is 0 Å². The molecule has 0 radical (unpaired) electrons. The largest absolute Gasteiger partial charge is 0.481 e. The zero-order valence-electron chi connectivity index (χ0n) is 16.6. The number of carbonyl (C=O) groups is 2. The van der Waals surface area contributed by atoms with Crippen LogP contribution in [0.3, 0.4) is 0 Å². The molecule has 1 aromatic carbocycles. The molecule has 2 unspecified atom stereocenters. The van der Waals surface area contributed by atoms with E-state index in [1.165, 1.54) is 6.21 Å². The molecule has 152 valence electrons. The highest BCUT2D eigenvalue weighted by Crippen LogP contribution is 2.49. The van der Waals surface area contributed by atoms with Crippen LogP contribution in [-0.4, -0.2) is 35.7 Å². The van der Waals surface area contributed by atoms with Gasteiger partial charge >= 0.3 is 5.97 Å². The highest BCUT2D eigenvalue weighted by molar-refractivity contribution is 6.06. The van der Waals surface area contributed by atoms with Gasteiger partial charge in [-0.1, -0.05) is 31.2 Å². The van der Waals surface area contributed by atoms with Crippen LogP contribution >= 0.6 is 0 Å². The molecule has 1 spiro atoms. The van der Waals surface area contributed by atoms with Crippen LogP contribution in [0.2, 0.25) is 0 Å². The van der Waals surface area contributed by atoms with E-state index >= 15 is 0 Å². The summed E-state index contributed by atoms with van der Waals surface area (Å²) in [5, 5.41) is 16.6. The number of rotatable bonds is 6. The van der Waals surface area contributed by atoms with Crippen LogP contribution in [0.5, 0.6) is 0 Å². The number of aliphatic carboxylic acids is 1. The van der Waals surface area contributed by atoms with E-state index in [4.69, 9.17) is 5.84 Å². The Labute approximate surface area is 166 Å². The first-order chi connectivity index (χ1) is 13.5. The van der Waals surface area contributed by atoms with Crippen molar-refractivity contribution >= 4 is 18.0 Å². The molecule has 1 heterocycles. The van der Waals surface area contributed by atoms with Crippen molar-refractivity contribution in [1.29, 1.82) is 0 Å². The van der Waals surface area contributed by atoms with Gasteiger partial charge in [0.1, 0.15) is 0 Å². The molecule has 1 aliphatic carbocycles. The fraction of sp³-hybridized carbons (Fsp3) is 0.591. The molecule has 4 N–H and O–H groups in total. The summed E-state index contributed by atoms with van der Waals surface area (Å²) in [6, 6.07) is 7.20. The van der Waals surface area contributed by atoms with Crippen LogP contribution in [0.1, 0.15) is 67.8 Å². The Hall–Kier alpha value is -2.21. The van der Waals surface area contributed by atoms with E-state index in [1.54, 1.807) is 0 Å². The fourth-order valence-corrected chi connectivity index (χ4v) is 5.35. The summed E-state index contributed by atoms with van der Waals surface area (Å²) < 4.78 is 0. The zero-order valence-corrected chi connectivity index (χ0v) is 16.6. The number of nitrogens with zero attached hydrogens (tertiary/aromatic N) is 1. The second-order valence-electron chi connectivity index (χ2n) is 8.27. The standard InChI is InChI=1S/C22H31N3O3/c1-2-17(21(27)28)15-8-11-22(12-9-15)10-5-13-24-20(22)19(26)18-7-4-3-6-16(18)14-25-23/h3-4,6-7,14-15,17,20,24H,2,5,8-13,23H2,1H3,(H,27,28). The number of carbonyl (C=O) groups excluding carboxylic acids is 1. The molecule has 2 aliphatic rings. The number of hydrogen-bond donors (Lipinski definition) is 3. The Balaban J connectivity index is 1.82. The third kappa shape index (κ3) is 3.97.